The second kappa shape index (κ2) is 11.0. The number of aliphatic hydroxyl groups is 2. The van der Waals surface area contributed by atoms with E-state index in [1.165, 1.54) is 4.91 Å². The molecule has 2 aliphatic rings. The van der Waals surface area contributed by atoms with Crippen molar-refractivity contribution in [2.75, 3.05) is 0 Å². The molecule has 0 aromatic carbocycles. The minimum atomic E-state index is -0.833. The third kappa shape index (κ3) is 8.81. The Morgan fingerprint density at radius 2 is 1.75 bits per heavy atom. The summed E-state index contributed by atoms with van der Waals surface area (Å²) in [6.07, 6.45) is 6.49. The van der Waals surface area contributed by atoms with Crippen molar-refractivity contribution in [1.29, 1.82) is 0 Å². The average molecular weight is 358 g/mol. The number of carboxylic acids is 2. The molecule has 136 valence electrons. The monoisotopic (exact) mass is 358 g/mol. The summed E-state index contributed by atoms with van der Waals surface area (Å²) in [6, 6.07) is 0. The molecule has 1 unspecified atom stereocenters. The van der Waals surface area contributed by atoms with Gasteiger partial charge in [0, 0.05) is 13.8 Å². The van der Waals surface area contributed by atoms with Crippen molar-refractivity contribution in [3.05, 3.63) is 34.1 Å². The molecule has 1 heterocycles. The minimum Gasteiger partial charge on any atom is -0.481 e. The van der Waals surface area contributed by atoms with Crippen LogP contribution in [-0.4, -0.2) is 50.4 Å². The molecule has 24 heavy (non-hydrogen) atoms. The number of hydrogen-bond acceptors (Lipinski definition) is 4. The van der Waals surface area contributed by atoms with Crippen molar-refractivity contribution in [3.63, 3.8) is 0 Å². The summed E-state index contributed by atoms with van der Waals surface area (Å²) in [4.78, 5) is 19.3. The third-order valence-corrected chi connectivity index (χ3v) is 4.80. The maximum Gasteiger partial charge on any atom is 0.300 e. The van der Waals surface area contributed by atoms with Crippen molar-refractivity contribution < 1.29 is 30.0 Å². The first-order chi connectivity index (χ1) is 11.1. The first-order valence-electron chi connectivity index (χ1n) is 7.38. The minimum absolute atomic E-state index is 0.0301. The molecule has 0 radical (unpaired) electrons. The molecular formula is C17H26O6S. The van der Waals surface area contributed by atoms with Crippen LogP contribution in [0, 0.1) is 5.92 Å². The predicted molar refractivity (Wildman–Crippen MR) is 97.0 cm³/mol. The summed E-state index contributed by atoms with van der Waals surface area (Å²) in [7, 11) is -0.0301. The first-order valence-corrected chi connectivity index (χ1v) is 8.84. The zero-order chi connectivity index (χ0) is 18.9. The van der Waals surface area contributed by atoms with Crippen LogP contribution in [0.1, 0.15) is 33.6 Å². The summed E-state index contributed by atoms with van der Waals surface area (Å²) in [6.45, 7) is 4.03. The van der Waals surface area contributed by atoms with Crippen LogP contribution in [0.4, 0.5) is 0 Å². The summed E-state index contributed by atoms with van der Waals surface area (Å²) in [5, 5.41) is 36.7. The summed E-state index contributed by atoms with van der Waals surface area (Å²) >= 11 is 0. The number of hydrogen-bond donors (Lipinski definition) is 4. The highest BCUT2D eigenvalue weighted by Gasteiger charge is 2.31. The molecule has 0 spiro atoms. The van der Waals surface area contributed by atoms with Gasteiger partial charge in [0.15, 0.2) is 0 Å². The molecule has 0 bridgehead atoms. The largest absolute Gasteiger partial charge is 0.481 e. The van der Waals surface area contributed by atoms with E-state index in [4.69, 9.17) is 19.8 Å². The number of aliphatic hydroxyl groups excluding tert-OH is 2. The number of allylic oxidation sites excluding steroid dienone is 4. The molecule has 4 N–H and O–H groups in total. The second-order valence-corrected chi connectivity index (χ2v) is 7.17. The lowest BCUT2D eigenvalue weighted by molar-refractivity contribution is -0.135. The van der Waals surface area contributed by atoms with E-state index in [1.54, 1.807) is 0 Å². The van der Waals surface area contributed by atoms with E-state index in [2.05, 4.69) is 17.4 Å². The van der Waals surface area contributed by atoms with Crippen molar-refractivity contribution in [2.45, 2.75) is 45.8 Å². The smallest absolute Gasteiger partial charge is 0.300 e. The van der Waals surface area contributed by atoms with Gasteiger partial charge in [0.25, 0.3) is 11.9 Å². The second-order valence-electron chi connectivity index (χ2n) is 5.51. The van der Waals surface area contributed by atoms with Gasteiger partial charge >= 0.3 is 0 Å². The van der Waals surface area contributed by atoms with E-state index in [1.807, 2.05) is 19.1 Å². The molecule has 1 aliphatic carbocycles. The molecule has 0 aromatic rings. The van der Waals surface area contributed by atoms with E-state index in [9.17, 15) is 10.2 Å². The summed E-state index contributed by atoms with van der Waals surface area (Å²) in [5.41, 5.74) is 0.885. The Morgan fingerprint density at radius 1 is 1.25 bits per heavy atom. The summed E-state index contributed by atoms with van der Waals surface area (Å²) in [5.74, 6) is 2.52. The highest BCUT2D eigenvalue weighted by molar-refractivity contribution is 8.20. The Hall–Kier alpha value is -1.70. The standard InChI is InChI=1S/C13H18O2S.2C2H4O2/c1-9-5-6-10(13(15)12(9)14)8-11-4-3-7-16(11)2;2*1-2(3)4/h3-5,7,10,12-15H,2,6,8H2,1H3;2*1H3,(H,3,4)/t10-,12+,13+,16?;;/m0../s1. The fraction of sp³-hybridized carbons (Fsp3) is 0.471. The maximum absolute atomic E-state index is 10.00. The average Bonchev–Trinajstić information content (AvgIpc) is 2.84. The van der Waals surface area contributed by atoms with Crippen LogP contribution in [0.15, 0.2) is 34.1 Å². The molecule has 0 amide bonds. The maximum atomic E-state index is 10.00. The van der Waals surface area contributed by atoms with Crippen LogP contribution < -0.4 is 0 Å². The van der Waals surface area contributed by atoms with Crippen LogP contribution in [0.5, 0.6) is 0 Å². The molecule has 0 fully saturated rings. The topological polar surface area (TPSA) is 115 Å². The zero-order valence-corrected chi connectivity index (χ0v) is 15.0. The summed E-state index contributed by atoms with van der Waals surface area (Å²) < 4.78 is 0. The number of carboxylic acid groups (broad SMARTS) is 2. The van der Waals surface area contributed by atoms with Gasteiger partial charge in [-0.05, 0) is 41.6 Å². The molecule has 2 rings (SSSR count). The molecule has 1 aliphatic heterocycles. The van der Waals surface area contributed by atoms with Gasteiger partial charge in [-0.3, -0.25) is 9.59 Å². The molecule has 0 saturated carbocycles. The molecule has 4 atom stereocenters. The quantitative estimate of drug-likeness (QED) is 0.445. The Kier molecular flexibility index (Phi) is 10.2. The number of rotatable bonds is 2. The van der Waals surface area contributed by atoms with Gasteiger partial charge in [-0.1, -0.05) is 24.1 Å². The Bertz CT molecular complexity index is 541. The van der Waals surface area contributed by atoms with Gasteiger partial charge in [0.2, 0.25) is 0 Å². The van der Waals surface area contributed by atoms with Crippen LogP contribution in [0.3, 0.4) is 0 Å². The Morgan fingerprint density at radius 3 is 2.17 bits per heavy atom. The third-order valence-electron chi connectivity index (χ3n) is 3.34. The molecule has 7 heteroatoms. The molecule has 0 saturated heterocycles. The van der Waals surface area contributed by atoms with E-state index in [-0.39, 0.29) is 16.4 Å². The van der Waals surface area contributed by atoms with Gasteiger partial charge in [-0.15, -0.1) is 10.5 Å². The van der Waals surface area contributed by atoms with Gasteiger partial charge in [-0.2, -0.15) is 0 Å². The van der Waals surface area contributed by atoms with Gasteiger partial charge in [0.1, 0.15) is 6.10 Å². The SMILES string of the molecule is C=S1C=CC=C1C[C@@H]1CC=C(C)[C@@H](O)[C@@H]1O.CC(=O)O.CC(=O)O. The fourth-order valence-corrected chi connectivity index (χ4v) is 3.30. The number of aliphatic carboxylic acids is 2. The highest BCUT2D eigenvalue weighted by atomic mass is 32.2. The number of carbonyl (C=O) groups is 2. The Balaban J connectivity index is 0.000000558. The van der Waals surface area contributed by atoms with Crippen molar-refractivity contribution in [1.82, 2.24) is 0 Å². The van der Waals surface area contributed by atoms with Crippen LogP contribution in [0.25, 0.3) is 0 Å². The molecule has 6 nitrogen and oxygen atoms in total. The lowest BCUT2D eigenvalue weighted by Crippen LogP contribution is -2.37. The van der Waals surface area contributed by atoms with Crippen LogP contribution in [-0.2, 0) is 9.59 Å². The van der Waals surface area contributed by atoms with E-state index in [0.717, 1.165) is 32.3 Å². The van der Waals surface area contributed by atoms with Gasteiger partial charge < -0.3 is 20.4 Å². The Labute approximate surface area is 144 Å². The van der Waals surface area contributed by atoms with Gasteiger partial charge in [0.05, 0.1) is 6.10 Å². The van der Waals surface area contributed by atoms with Crippen molar-refractivity contribution in [3.8, 4) is 0 Å². The van der Waals surface area contributed by atoms with Crippen LogP contribution in [0.2, 0.25) is 0 Å². The lowest BCUT2D eigenvalue weighted by atomic mass is 9.83. The van der Waals surface area contributed by atoms with Crippen molar-refractivity contribution in [2.24, 2.45) is 5.92 Å². The van der Waals surface area contributed by atoms with E-state index < -0.39 is 24.1 Å². The normalized spacial score (nSPS) is 27.7. The van der Waals surface area contributed by atoms with Crippen molar-refractivity contribution >= 4 is 28.3 Å². The van der Waals surface area contributed by atoms with E-state index >= 15 is 0 Å². The van der Waals surface area contributed by atoms with Crippen LogP contribution >= 0.6 is 10.5 Å². The highest BCUT2D eigenvalue weighted by Crippen LogP contribution is 2.38. The molecular weight excluding hydrogens is 332 g/mol. The first kappa shape index (κ1) is 22.3. The zero-order valence-electron chi connectivity index (χ0n) is 14.2. The van der Waals surface area contributed by atoms with E-state index in [0.29, 0.717) is 0 Å². The predicted octanol–water partition coefficient (Wildman–Crippen LogP) is 2.36. The van der Waals surface area contributed by atoms with Gasteiger partial charge in [-0.25, -0.2) is 0 Å². The molecule has 0 aromatic heterocycles. The lowest BCUT2D eigenvalue weighted by Gasteiger charge is -2.31. The fourth-order valence-electron chi connectivity index (χ4n) is 2.18.